The molecule has 0 bridgehead atoms. The van der Waals surface area contributed by atoms with Gasteiger partial charge in [0.05, 0.1) is 16.3 Å². The number of hydrogen-bond acceptors (Lipinski definition) is 5. The maximum Gasteiger partial charge on any atom is 0.271 e. The first kappa shape index (κ1) is 12.9. The number of nitrogen functional groups attached to an aromatic ring is 1. The zero-order valence-electron chi connectivity index (χ0n) is 10.5. The van der Waals surface area contributed by atoms with Crippen molar-refractivity contribution in [3.05, 3.63) is 46.3 Å². The average molecular weight is 261 g/mol. The van der Waals surface area contributed by atoms with Crippen molar-refractivity contribution in [3.8, 4) is 0 Å². The number of aryl methyl sites for hydroxylation is 1. The number of nitro groups is 1. The van der Waals surface area contributed by atoms with Gasteiger partial charge in [0.15, 0.2) is 0 Å². The van der Waals surface area contributed by atoms with Crippen molar-refractivity contribution in [1.82, 2.24) is 9.78 Å². The molecule has 0 amide bonds. The van der Waals surface area contributed by atoms with Crippen LogP contribution in [0.15, 0.2) is 30.5 Å². The molecule has 0 spiro atoms. The van der Waals surface area contributed by atoms with Crippen molar-refractivity contribution >= 4 is 17.1 Å². The summed E-state index contributed by atoms with van der Waals surface area (Å²) < 4.78 is 1.81. The number of rotatable bonds is 5. The summed E-state index contributed by atoms with van der Waals surface area (Å²) in [6.45, 7) is 0.682. The van der Waals surface area contributed by atoms with E-state index in [0.29, 0.717) is 17.9 Å². The predicted molar refractivity (Wildman–Crippen MR) is 72.9 cm³/mol. The van der Waals surface area contributed by atoms with Crippen LogP contribution in [-0.4, -0.2) is 21.2 Å². The van der Waals surface area contributed by atoms with Crippen molar-refractivity contribution < 1.29 is 4.92 Å². The van der Waals surface area contributed by atoms with Crippen LogP contribution < -0.4 is 11.1 Å². The maximum absolute atomic E-state index is 10.6. The van der Waals surface area contributed by atoms with E-state index >= 15 is 0 Å². The van der Waals surface area contributed by atoms with Crippen LogP contribution in [0.25, 0.3) is 0 Å². The molecule has 0 atom stereocenters. The highest BCUT2D eigenvalue weighted by molar-refractivity contribution is 5.69. The highest BCUT2D eigenvalue weighted by Crippen LogP contribution is 2.23. The van der Waals surface area contributed by atoms with Gasteiger partial charge in [-0.3, -0.25) is 14.8 Å². The van der Waals surface area contributed by atoms with E-state index in [4.69, 9.17) is 5.73 Å². The lowest BCUT2D eigenvalue weighted by molar-refractivity contribution is -0.384. The summed E-state index contributed by atoms with van der Waals surface area (Å²) in [5, 5.41) is 17.8. The standard InChI is InChI=1S/C12H15N5O2/c1-16-9(5-7-15-16)4-6-14-12-3-2-10(17(18)19)8-11(12)13/h2-3,5,7-8,14H,4,6,13H2,1H3. The number of nitro benzene ring substituents is 1. The monoisotopic (exact) mass is 261 g/mol. The molecule has 7 heteroatoms. The zero-order valence-corrected chi connectivity index (χ0v) is 10.5. The molecule has 0 unspecified atom stereocenters. The first-order chi connectivity index (χ1) is 9.08. The topological polar surface area (TPSA) is 99.0 Å². The van der Waals surface area contributed by atoms with Gasteiger partial charge >= 0.3 is 0 Å². The molecule has 0 radical (unpaired) electrons. The second-order valence-corrected chi connectivity index (χ2v) is 4.15. The van der Waals surface area contributed by atoms with Crippen molar-refractivity contribution in [1.29, 1.82) is 0 Å². The number of nitrogens with two attached hydrogens (primary N) is 1. The van der Waals surface area contributed by atoms with Gasteiger partial charge in [0, 0.05) is 44.0 Å². The molecule has 0 saturated carbocycles. The van der Waals surface area contributed by atoms with Gasteiger partial charge < -0.3 is 11.1 Å². The SMILES string of the molecule is Cn1nccc1CCNc1ccc([N+](=O)[O-])cc1N. The first-order valence-electron chi connectivity index (χ1n) is 5.82. The smallest absolute Gasteiger partial charge is 0.271 e. The van der Waals surface area contributed by atoms with E-state index in [1.807, 2.05) is 13.1 Å². The molecule has 1 aromatic heterocycles. The molecular formula is C12H15N5O2. The fraction of sp³-hybridized carbons (Fsp3) is 0.250. The highest BCUT2D eigenvalue weighted by atomic mass is 16.6. The lowest BCUT2D eigenvalue weighted by Gasteiger charge is -2.09. The van der Waals surface area contributed by atoms with E-state index in [9.17, 15) is 10.1 Å². The molecule has 0 aliphatic heterocycles. The van der Waals surface area contributed by atoms with Gasteiger partial charge in [-0.15, -0.1) is 0 Å². The summed E-state index contributed by atoms with van der Waals surface area (Å²) >= 11 is 0. The number of aromatic nitrogens is 2. The Balaban J connectivity index is 1.96. The van der Waals surface area contributed by atoms with Gasteiger partial charge in [-0.25, -0.2) is 0 Å². The zero-order chi connectivity index (χ0) is 13.8. The molecule has 2 rings (SSSR count). The van der Waals surface area contributed by atoms with Crippen LogP contribution in [0.5, 0.6) is 0 Å². The number of anilines is 2. The van der Waals surface area contributed by atoms with E-state index < -0.39 is 4.92 Å². The third-order valence-corrected chi connectivity index (χ3v) is 2.87. The summed E-state index contributed by atoms with van der Waals surface area (Å²) in [5.41, 5.74) is 7.94. The molecular weight excluding hydrogens is 246 g/mol. The van der Waals surface area contributed by atoms with Gasteiger partial charge in [-0.1, -0.05) is 0 Å². The first-order valence-corrected chi connectivity index (χ1v) is 5.82. The van der Waals surface area contributed by atoms with Crippen LogP contribution in [0.3, 0.4) is 0 Å². The molecule has 0 aliphatic carbocycles. The Hall–Kier alpha value is -2.57. The molecule has 0 fully saturated rings. The van der Waals surface area contributed by atoms with Gasteiger partial charge in [0.1, 0.15) is 0 Å². The minimum absolute atomic E-state index is 0.00492. The fourth-order valence-corrected chi connectivity index (χ4v) is 1.80. The van der Waals surface area contributed by atoms with E-state index in [1.54, 1.807) is 16.9 Å². The van der Waals surface area contributed by atoms with E-state index in [0.717, 1.165) is 12.1 Å². The molecule has 0 saturated heterocycles. The number of nitrogens with one attached hydrogen (secondary N) is 1. The molecule has 19 heavy (non-hydrogen) atoms. The molecule has 7 nitrogen and oxygen atoms in total. The maximum atomic E-state index is 10.6. The second-order valence-electron chi connectivity index (χ2n) is 4.15. The average Bonchev–Trinajstić information content (AvgIpc) is 2.77. The normalized spacial score (nSPS) is 10.4. The molecule has 100 valence electrons. The summed E-state index contributed by atoms with van der Waals surface area (Å²) in [6, 6.07) is 6.35. The lowest BCUT2D eigenvalue weighted by Crippen LogP contribution is -2.09. The summed E-state index contributed by atoms with van der Waals surface area (Å²) in [6.07, 6.45) is 2.54. The van der Waals surface area contributed by atoms with Crippen LogP contribution in [0.2, 0.25) is 0 Å². The number of hydrogen-bond donors (Lipinski definition) is 2. The Morgan fingerprint density at radius 3 is 2.84 bits per heavy atom. The van der Waals surface area contributed by atoms with Crippen molar-refractivity contribution in [3.63, 3.8) is 0 Å². The van der Waals surface area contributed by atoms with Crippen LogP contribution in [0, 0.1) is 10.1 Å². The molecule has 1 aromatic carbocycles. The van der Waals surface area contributed by atoms with Crippen LogP contribution in [0.1, 0.15) is 5.69 Å². The highest BCUT2D eigenvalue weighted by Gasteiger charge is 2.08. The van der Waals surface area contributed by atoms with Gasteiger partial charge in [0.2, 0.25) is 0 Å². The van der Waals surface area contributed by atoms with E-state index in [-0.39, 0.29) is 5.69 Å². The predicted octanol–water partition coefficient (Wildman–Crippen LogP) is 1.57. The number of benzene rings is 1. The van der Waals surface area contributed by atoms with Crippen molar-refractivity contribution in [2.24, 2.45) is 7.05 Å². The van der Waals surface area contributed by atoms with Crippen LogP contribution in [-0.2, 0) is 13.5 Å². The van der Waals surface area contributed by atoms with Gasteiger partial charge in [0.25, 0.3) is 5.69 Å². The third kappa shape index (κ3) is 3.01. The van der Waals surface area contributed by atoms with Crippen molar-refractivity contribution in [2.45, 2.75) is 6.42 Å². The summed E-state index contributed by atoms with van der Waals surface area (Å²) in [4.78, 5) is 10.1. The molecule has 0 aliphatic rings. The van der Waals surface area contributed by atoms with E-state index in [2.05, 4.69) is 10.4 Å². The second kappa shape index (κ2) is 5.38. The minimum Gasteiger partial charge on any atom is -0.397 e. The minimum atomic E-state index is -0.463. The Morgan fingerprint density at radius 2 is 2.26 bits per heavy atom. The fourth-order valence-electron chi connectivity index (χ4n) is 1.80. The van der Waals surface area contributed by atoms with Crippen molar-refractivity contribution in [2.75, 3.05) is 17.6 Å². The number of non-ortho nitro benzene ring substituents is 1. The quantitative estimate of drug-likeness (QED) is 0.483. The lowest BCUT2D eigenvalue weighted by atomic mass is 10.2. The molecule has 1 heterocycles. The Morgan fingerprint density at radius 1 is 1.47 bits per heavy atom. The van der Waals surface area contributed by atoms with Gasteiger partial charge in [-0.05, 0) is 12.1 Å². The third-order valence-electron chi connectivity index (χ3n) is 2.87. The summed E-state index contributed by atoms with van der Waals surface area (Å²) in [5.74, 6) is 0. The largest absolute Gasteiger partial charge is 0.397 e. The Labute approximate surface area is 110 Å². The van der Waals surface area contributed by atoms with Crippen LogP contribution >= 0.6 is 0 Å². The van der Waals surface area contributed by atoms with Crippen LogP contribution in [0.4, 0.5) is 17.1 Å². The van der Waals surface area contributed by atoms with Gasteiger partial charge in [-0.2, -0.15) is 5.10 Å². The number of nitrogens with zero attached hydrogens (tertiary/aromatic N) is 3. The Kier molecular flexibility index (Phi) is 3.65. The van der Waals surface area contributed by atoms with E-state index in [1.165, 1.54) is 12.1 Å². The molecule has 2 aromatic rings. The molecule has 3 N–H and O–H groups in total. The Bertz CT molecular complexity index is 594. The summed E-state index contributed by atoms with van der Waals surface area (Å²) in [7, 11) is 1.88.